The van der Waals surface area contributed by atoms with Crippen LogP contribution in [0.1, 0.15) is 26.2 Å². The van der Waals surface area contributed by atoms with Gasteiger partial charge in [0.15, 0.2) is 9.84 Å². The molecule has 1 fully saturated rings. The minimum atomic E-state index is -4.83. The highest BCUT2D eigenvalue weighted by Crippen LogP contribution is 2.20. The van der Waals surface area contributed by atoms with Gasteiger partial charge in [0.2, 0.25) is 0 Å². The highest BCUT2D eigenvalue weighted by atomic mass is 32.2. The molecule has 2 rings (SSSR count). The Balaban J connectivity index is 0.000000359. The van der Waals surface area contributed by atoms with Gasteiger partial charge in [-0.05, 0) is 62.5 Å². The molecule has 1 N–H and O–H groups in total. The van der Waals surface area contributed by atoms with Crippen molar-refractivity contribution in [3.63, 3.8) is 0 Å². The van der Waals surface area contributed by atoms with E-state index in [9.17, 15) is 30.8 Å². The summed E-state index contributed by atoms with van der Waals surface area (Å²) in [5, 5.41) is 3.26. The number of benzene rings is 1. The first kappa shape index (κ1) is 22.4. The van der Waals surface area contributed by atoms with Gasteiger partial charge in [0.05, 0.1) is 10.6 Å². The molecule has 0 spiro atoms. The maximum atomic E-state index is 12.7. The van der Waals surface area contributed by atoms with Gasteiger partial charge in [-0.25, -0.2) is 12.8 Å². The van der Waals surface area contributed by atoms with Crippen molar-refractivity contribution >= 4 is 15.8 Å². The van der Waals surface area contributed by atoms with E-state index in [0.717, 1.165) is 25.9 Å². The molecule has 1 aromatic rings. The molecule has 1 heterocycles. The fraction of sp³-hybridized carbons (Fsp3) is 0.562. The van der Waals surface area contributed by atoms with E-state index in [2.05, 4.69) is 10.1 Å². The summed E-state index contributed by atoms with van der Waals surface area (Å²) in [5.41, 5.74) is 0. The molecule has 0 aliphatic carbocycles. The van der Waals surface area contributed by atoms with Gasteiger partial charge in [-0.1, -0.05) is 0 Å². The van der Waals surface area contributed by atoms with Crippen LogP contribution in [0, 0.1) is 11.7 Å². The Bertz CT molecular complexity index is 668. The molecule has 5 nitrogen and oxygen atoms in total. The second-order valence-electron chi connectivity index (χ2n) is 5.79. The maximum absolute atomic E-state index is 12.7. The molecule has 1 aliphatic heterocycles. The highest BCUT2D eigenvalue weighted by molar-refractivity contribution is 7.91. The summed E-state index contributed by atoms with van der Waals surface area (Å²) >= 11 is 0. The fourth-order valence-corrected chi connectivity index (χ4v) is 3.85. The Morgan fingerprint density at radius 2 is 1.73 bits per heavy atom. The standard InChI is InChI=1S/C13H18FNO2S.C3H3F3O2/c14-12-1-3-13(4-2-12)18(16,17)10-7-11-5-8-15-9-6-11;1-2(7)8-3(4,5)6/h1-4,11,15H,5-10H2;1H3. The van der Waals surface area contributed by atoms with Gasteiger partial charge in [0.25, 0.3) is 0 Å². The molecule has 1 aliphatic rings. The van der Waals surface area contributed by atoms with E-state index in [-0.39, 0.29) is 10.6 Å². The third-order valence-corrected chi connectivity index (χ3v) is 5.45. The van der Waals surface area contributed by atoms with Gasteiger partial charge in [-0.3, -0.25) is 4.79 Å². The first-order valence-corrected chi connectivity index (χ1v) is 9.60. The third kappa shape index (κ3) is 9.14. The number of rotatable bonds is 4. The van der Waals surface area contributed by atoms with Crippen LogP contribution >= 0.6 is 0 Å². The molecule has 0 aromatic heterocycles. The number of carbonyl (C=O) groups is 1. The van der Waals surface area contributed by atoms with Gasteiger partial charge >= 0.3 is 12.3 Å². The fourth-order valence-electron chi connectivity index (χ4n) is 2.41. The Morgan fingerprint density at radius 3 is 2.15 bits per heavy atom. The quantitative estimate of drug-likeness (QED) is 0.479. The molecule has 0 amide bonds. The smallest absolute Gasteiger partial charge is 0.373 e. The van der Waals surface area contributed by atoms with Crippen molar-refractivity contribution in [3.05, 3.63) is 30.1 Å². The van der Waals surface area contributed by atoms with Crippen LogP contribution in [0.2, 0.25) is 0 Å². The topological polar surface area (TPSA) is 72.5 Å². The van der Waals surface area contributed by atoms with Gasteiger partial charge in [-0.15, -0.1) is 13.2 Å². The molecule has 26 heavy (non-hydrogen) atoms. The molecule has 0 radical (unpaired) electrons. The normalized spacial score (nSPS) is 15.7. The first-order valence-electron chi connectivity index (χ1n) is 7.95. The maximum Gasteiger partial charge on any atom is 0.575 e. The van der Waals surface area contributed by atoms with E-state index in [0.29, 0.717) is 19.3 Å². The second kappa shape index (κ2) is 9.86. The number of carbonyl (C=O) groups excluding carboxylic acids is 1. The highest BCUT2D eigenvalue weighted by Gasteiger charge is 2.32. The summed E-state index contributed by atoms with van der Waals surface area (Å²) in [6.07, 6.45) is -2.05. The summed E-state index contributed by atoms with van der Waals surface area (Å²) < 4.78 is 72.2. The lowest BCUT2D eigenvalue weighted by molar-refractivity contribution is -0.304. The van der Waals surface area contributed by atoms with Crippen LogP contribution in [0.5, 0.6) is 0 Å². The average Bonchev–Trinajstić information content (AvgIpc) is 2.53. The number of esters is 1. The van der Waals surface area contributed by atoms with Crippen molar-refractivity contribution < 1.29 is 35.5 Å². The van der Waals surface area contributed by atoms with E-state index < -0.39 is 28.0 Å². The largest absolute Gasteiger partial charge is 0.575 e. The number of alkyl halides is 3. The molecule has 0 unspecified atom stereocenters. The lowest BCUT2D eigenvalue weighted by atomic mass is 9.96. The molecular weight excluding hydrogens is 378 g/mol. The van der Waals surface area contributed by atoms with Crippen molar-refractivity contribution in [3.8, 4) is 0 Å². The van der Waals surface area contributed by atoms with Crippen LogP contribution in [0.3, 0.4) is 0 Å². The zero-order valence-corrected chi connectivity index (χ0v) is 15.0. The number of hydrogen-bond donors (Lipinski definition) is 1. The number of nitrogens with one attached hydrogen (secondary N) is 1. The Morgan fingerprint density at radius 1 is 1.19 bits per heavy atom. The molecule has 0 bridgehead atoms. The van der Waals surface area contributed by atoms with Crippen LogP contribution < -0.4 is 5.32 Å². The zero-order chi connectivity index (χ0) is 19.8. The van der Waals surface area contributed by atoms with Crippen molar-refractivity contribution in [1.82, 2.24) is 5.32 Å². The van der Waals surface area contributed by atoms with E-state index >= 15 is 0 Å². The lowest BCUT2D eigenvalue weighted by Gasteiger charge is -2.22. The summed E-state index contributed by atoms with van der Waals surface area (Å²) in [4.78, 5) is 9.74. The summed E-state index contributed by atoms with van der Waals surface area (Å²) in [6.45, 7) is 2.63. The number of halogens is 4. The van der Waals surface area contributed by atoms with E-state index in [1.54, 1.807) is 0 Å². The van der Waals surface area contributed by atoms with Crippen molar-refractivity contribution in [2.24, 2.45) is 5.92 Å². The average molecular weight is 399 g/mol. The van der Waals surface area contributed by atoms with Crippen LogP contribution in [0.15, 0.2) is 29.2 Å². The van der Waals surface area contributed by atoms with Crippen molar-refractivity contribution in [2.75, 3.05) is 18.8 Å². The summed E-state index contributed by atoms with van der Waals surface area (Å²) in [7, 11) is -3.26. The van der Waals surface area contributed by atoms with Crippen molar-refractivity contribution in [1.29, 1.82) is 0 Å². The van der Waals surface area contributed by atoms with E-state index in [1.165, 1.54) is 24.3 Å². The predicted octanol–water partition coefficient (Wildman–Crippen LogP) is 3.06. The third-order valence-electron chi connectivity index (χ3n) is 3.69. The number of ether oxygens (including phenoxy) is 1. The molecule has 0 saturated carbocycles. The lowest BCUT2D eigenvalue weighted by Crippen LogP contribution is -2.28. The molecule has 0 atom stereocenters. The minimum absolute atomic E-state index is 0.156. The molecule has 1 saturated heterocycles. The predicted molar refractivity (Wildman–Crippen MR) is 86.5 cm³/mol. The van der Waals surface area contributed by atoms with E-state index in [1.807, 2.05) is 0 Å². The summed E-state index contributed by atoms with van der Waals surface area (Å²) in [5.74, 6) is -1.12. The SMILES string of the molecule is CC(=O)OC(F)(F)F.O=S(=O)(CCC1CCNCC1)c1ccc(F)cc1. The number of piperidine rings is 1. The van der Waals surface area contributed by atoms with Gasteiger partial charge in [0.1, 0.15) is 5.82 Å². The van der Waals surface area contributed by atoms with Crippen molar-refractivity contribution in [2.45, 2.75) is 37.4 Å². The molecular formula is C16H21F4NO4S. The minimum Gasteiger partial charge on any atom is -0.373 e. The van der Waals surface area contributed by atoms with Crippen LogP contribution in [0.4, 0.5) is 17.6 Å². The van der Waals surface area contributed by atoms with Gasteiger partial charge < -0.3 is 10.1 Å². The first-order chi connectivity index (χ1) is 12.0. The molecule has 1 aromatic carbocycles. The van der Waals surface area contributed by atoms with E-state index in [4.69, 9.17) is 0 Å². The van der Waals surface area contributed by atoms with Crippen LogP contribution in [-0.2, 0) is 19.4 Å². The van der Waals surface area contributed by atoms with Crippen LogP contribution in [0.25, 0.3) is 0 Å². The molecule has 10 heteroatoms. The number of hydrogen-bond acceptors (Lipinski definition) is 5. The van der Waals surface area contributed by atoms with Gasteiger partial charge in [0, 0.05) is 6.92 Å². The molecule has 148 valence electrons. The Kier molecular flexibility index (Phi) is 8.48. The Hall–Kier alpha value is -1.68. The monoisotopic (exact) mass is 399 g/mol. The van der Waals surface area contributed by atoms with Crippen LogP contribution in [-0.4, -0.2) is 39.6 Å². The number of sulfone groups is 1. The Labute approximate surface area is 149 Å². The van der Waals surface area contributed by atoms with Gasteiger partial charge in [-0.2, -0.15) is 0 Å². The second-order valence-corrected chi connectivity index (χ2v) is 7.90. The zero-order valence-electron chi connectivity index (χ0n) is 14.2. The summed E-state index contributed by atoms with van der Waals surface area (Å²) in [6, 6.07) is 5.06.